The van der Waals surface area contributed by atoms with Crippen LogP contribution in [0.25, 0.3) is 0 Å². The molecule has 1 aliphatic rings. The zero-order chi connectivity index (χ0) is 18.7. The Morgan fingerprint density at radius 1 is 1.27 bits per heavy atom. The zero-order valence-corrected chi connectivity index (χ0v) is 15.6. The van der Waals surface area contributed by atoms with E-state index in [0.29, 0.717) is 10.7 Å². The summed E-state index contributed by atoms with van der Waals surface area (Å²) >= 11 is 1.31. The average Bonchev–Trinajstić information content (AvgIpc) is 3.10. The lowest BCUT2D eigenvalue weighted by atomic mass is 10.1. The van der Waals surface area contributed by atoms with E-state index in [1.807, 2.05) is 13.8 Å². The normalized spacial score (nSPS) is 14.5. The standard InChI is InChI=1S/C17H21N5O3S/c1-11(2)16-19-20-17(26-16)18-15(23)13-10-12(22(24)25)6-7-14(13)21-8-4-3-5-9-21/h6-7,10-11H,3-5,8-9H2,1-2H3,(H,18,20,23). The molecule has 0 bridgehead atoms. The second-order valence-corrected chi connectivity index (χ2v) is 7.57. The van der Waals surface area contributed by atoms with Crippen molar-refractivity contribution in [3.05, 3.63) is 38.9 Å². The molecule has 1 aromatic heterocycles. The molecule has 0 unspecified atom stereocenters. The molecule has 2 aromatic rings. The van der Waals surface area contributed by atoms with Gasteiger partial charge in [-0.2, -0.15) is 0 Å². The molecule has 0 saturated carbocycles. The first kappa shape index (κ1) is 18.2. The summed E-state index contributed by atoms with van der Waals surface area (Å²) in [7, 11) is 0. The molecular weight excluding hydrogens is 354 g/mol. The second-order valence-electron chi connectivity index (χ2n) is 6.56. The van der Waals surface area contributed by atoms with E-state index < -0.39 is 10.8 Å². The van der Waals surface area contributed by atoms with E-state index in [1.54, 1.807) is 6.07 Å². The molecule has 0 spiro atoms. The summed E-state index contributed by atoms with van der Waals surface area (Å²) in [5.41, 5.74) is 0.917. The molecule has 1 fully saturated rings. The van der Waals surface area contributed by atoms with E-state index in [2.05, 4.69) is 20.4 Å². The van der Waals surface area contributed by atoms with Crippen LogP contribution in [0.5, 0.6) is 0 Å². The van der Waals surface area contributed by atoms with Gasteiger partial charge in [-0.05, 0) is 25.3 Å². The Hall–Kier alpha value is -2.55. The molecule has 138 valence electrons. The predicted molar refractivity (Wildman–Crippen MR) is 101 cm³/mol. The van der Waals surface area contributed by atoms with Crippen molar-refractivity contribution in [1.29, 1.82) is 0 Å². The Labute approximate surface area is 155 Å². The van der Waals surface area contributed by atoms with E-state index in [-0.39, 0.29) is 11.6 Å². The molecule has 1 saturated heterocycles. The van der Waals surface area contributed by atoms with Crippen molar-refractivity contribution in [2.45, 2.75) is 39.0 Å². The number of hydrogen-bond donors (Lipinski definition) is 1. The molecule has 8 nitrogen and oxygen atoms in total. The van der Waals surface area contributed by atoms with Gasteiger partial charge in [0.1, 0.15) is 5.01 Å². The van der Waals surface area contributed by atoms with E-state index in [0.717, 1.165) is 43.0 Å². The molecule has 0 radical (unpaired) electrons. The Morgan fingerprint density at radius 2 is 2.00 bits per heavy atom. The quantitative estimate of drug-likeness (QED) is 0.630. The number of anilines is 2. The SMILES string of the molecule is CC(C)c1nnc(NC(=O)c2cc([N+](=O)[O-])ccc2N2CCCCC2)s1. The van der Waals surface area contributed by atoms with Crippen molar-refractivity contribution in [2.75, 3.05) is 23.3 Å². The Balaban J connectivity index is 1.90. The molecule has 1 N–H and O–H groups in total. The van der Waals surface area contributed by atoms with E-state index in [9.17, 15) is 14.9 Å². The van der Waals surface area contributed by atoms with Crippen LogP contribution < -0.4 is 10.2 Å². The van der Waals surface area contributed by atoms with Gasteiger partial charge in [0.25, 0.3) is 11.6 Å². The van der Waals surface area contributed by atoms with Crippen LogP contribution in [0.1, 0.15) is 54.4 Å². The maximum absolute atomic E-state index is 12.8. The number of nitrogens with one attached hydrogen (secondary N) is 1. The lowest BCUT2D eigenvalue weighted by molar-refractivity contribution is -0.384. The number of carbonyl (C=O) groups is 1. The minimum absolute atomic E-state index is 0.101. The van der Waals surface area contributed by atoms with Gasteiger partial charge in [-0.15, -0.1) is 10.2 Å². The van der Waals surface area contributed by atoms with Crippen molar-refractivity contribution < 1.29 is 9.72 Å². The third-order valence-corrected chi connectivity index (χ3v) is 5.43. The molecule has 3 rings (SSSR count). The molecule has 0 atom stereocenters. The molecule has 0 aliphatic carbocycles. The number of nitro groups is 1. The van der Waals surface area contributed by atoms with E-state index >= 15 is 0 Å². The summed E-state index contributed by atoms with van der Waals surface area (Å²) in [5, 5.41) is 23.2. The number of benzene rings is 1. The van der Waals surface area contributed by atoms with E-state index in [4.69, 9.17) is 0 Å². The van der Waals surface area contributed by atoms with Crippen LogP contribution in [-0.4, -0.2) is 34.1 Å². The van der Waals surface area contributed by atoms with Gasteiger partial charge < -0.3 is 4.90 Å². The molecule has 1 amide bonds. The van der Waals surface area contributed by atoms with Crippen LogP contribution in [0, 0.1) is 10.1 Å². The number of piperidine rings is 1. The van der Waals surface area contributed by atoms with Crippen LogP contribution in [0.4, 0.5) is 16.5 Å². The maximum atomic E-state index is 12.8. The van der Waals surface area contributed by atoms with Gasteiger partial charge in [-0.25, -0.2) is 0 Å². The fourth-order valence-electron chi connectivity index (χ4n) is 2.91. The molecule has 26 heavy (non-hydrogen) atoms. The van der Waals surface area contributed by atoms with Crippen LogP contribution >= 0.6 is 11.3 Å². The first-order valence-corrected chi connectivity index (χ1v) is 9.45. The highest BCUT2D eigenvalue weighted by Gasteiger charge is 2.23. The van der Waals surface area contributed by atoms with Gasteiger partial charge in [0.2, 0.25) is 5.13 Å². The highest BCUT2D eigenvalue weighted by molar-refractivity contribution is 7.15. The second kappa shape index (κ2) is 7.77. The summed E-state index contributed by atoms with van der Waals surface area (Å²) in [4.78, 5) is 25.6. The Kier molecular flexibility index (Phi) is 5.46. The van der Waals surface area contributed by atoms with Gasteiger partial charge in [0, 0.05) is 31.1 Å². The fraction of sp³-hybridized carbons (Fsp3) is 0.471. The number of nitrogens with zero attached hydrogens (tertiary/aromatic N) is 4. The van der Waals surface area contributed by atoms with Crippen molar-refractivity contribution in [3.63, 3.8) is 0 Å². The predicted octanol–water partition coefficient (Wildman–Crippen LogP) is 3.81. The monoisotopic (exact) mass is 375 g/mol. The lowest BCUT2D eigenvalue weighted by Gasteiger charge is -2.30. The first-order valence-electron chi connectivity index (χ1n) is 8.64. The van der Waals surface area contributed by atoms with Crippen LogP contribution in [0.3, 0.4) is 0 Å². The average molecular weight is 375 g/mol. The Morgan fingerprint density at radius 3 is 2.62 bits per heavy atom. The first-order chi connectivity index (χ1) is 12.5. The number of aromatic nitrogens is 2. The van der Waals surface area contributed by atoms with E-state index in [1.165, 1.54) is 23.5 Å². The highest BCUT2D eigenvalue weighted by Crippen LogP contribution is 2.29. The van der Waals surface area contributed by atoms with Crippen molar-refractivity contribution in [1.82, 2.24) is 10.2 Å². The largest absolute Gasteiger partial charge is 0.371 e. The minimum Gasteiger partial charge on any atom is -0.371 e. The molecule has 9 heteroatoms. The molecular formula is C17H21N5O3S. The highest BCUT2D eigenvalue weighted by atomic mass is 32.1. The maximum Gasteiger partial charge on any atom is 0.270 e. The van der Waals surface area contributed by atoms with Crippen molar-refractivity contribution in [3.8, 4) is 0 Å². The van der Waals surface area contributed by atoms with Gasteiger partial charge in [-0.1, -0.05) is 25.2 Å². The number of rotatable bonds is 5. The lowest BCUT2D eigenvalue weighted by Crippen LogP contribution is -2.31. The summed E-state index contributed by atoms with van der Waals surface area (Å²) in [5.74, 6) is -0.180. The smallest absolute Gasteiger partial charge is 0.270 e. The third-order valence-electron chi connectivity index (χ3n) is 4.29. The fourth-order valence-corrected chi connectivity index (χ4v) is 3.65. The summed E-state index contributed by atoms with van der Waals surface area (Å²) in [6.45, 7) is 5.69. The Bertz CT molecular complexity index is 814. The molecule has 2 heterocycles. The minimum atomic E-state index is -0.488. The summed E-state index contributed by atoms with van der Waals surface area (Å²) < 4.78 is 0. The number of hydrogen-bond acceptors (Lipinski definition) is 7. The number of amides is 1. The third kappa shape index (κ3) is 3.98. The molecule has 1 aliphatic heterocycles. The van der Waals surface area contributed by atoms with Crippen molar-refractivity contribution in [2.24, 2.45) is 0 Å². The zero-order valence-electron chi connectivity index (χ0n) is 14.8. The van der Waals surface area contributed by atoms with Gasteiger partial charge in [0.05, 0.1) is 16.2 Å². The number of carbonyl (C=O) groups excluding carboxylic acids is 1. The number of nitro benzene ring substituents is 1. The van der Waals surface area contributed by atoms with Gasteiger partial charge >= 0.3 is 0 Å². The number of non-ortho nitro benzene ring substituents is 1. The van der Waals surface area contributed by atoms with Crippen LogP contribution in [0.2, 0.25) is 0 Å². The molecule has 1 aromatic carbocycles. The van der Waals surface area contributed by atoms with Gasteiger partial charge in [0.15, 0.2) is 0 Å². The van der Waals surface area contributed by atoms with Crippen LogP contribution in [-0.2, 0) is 0 Å². The summed E-state index contributed by atoms with van der Waals surface area (Å²) in [6.07, 6.45) is 3.26. The van der Waals surface area contributed by atoms with Gasteiger partial charge in [-0.3, -0.25) is 20.2 Å². The van der Waals surface area contributed by atoms with Crippen LogP contribution in [0.15, 0.2) is 18.2 Å². The van der Waals surface area contributed by atoms with Crippen molar-refractivity contribution >= 4 is 33.8 Å². The summed E-state index contributed by atoms with van der Waals surface area (Å²) in [6, 6.07) is 4.45. The topological polar surface area (TPSA) is 101 Å².